The number of cyclic esters (lactones) is 1. The molecule has 1 aliphatic rings. The molecule has 0 radical (unpaired) electrons. The second-order valence-corrected chi connectivity index (χ2v) is 15.1. The lowest BCUT2D eigenvalue weighted by atomic mass is 9.72. The van der Waals surface area contributed by atoms with Crippen LogP contribution in [0.5, 0.6) is 0 Å². The Labute approximate surface area is 288 Å². The molecule has 0 spiro atoms. The topological polar surface area (TPSA) is 160 Å². The molecule has 1 fully saturated rings. The number of carbonyl (C=O) groups is 2. The van der Waals surface area contributed by atoms with Crippen LogP contribution in [-0.2, 0) is 14.3 Å². The standard InChI is InChI=1S/C36H55FN4O6S/c1-21-10-9-13-36(7,39-14-15-42)23(3)17-29(47-32(44)20-30(43)35(5,6)34(46)24(4)33(21)45)22(2)16-25-18-31(48-8)41(40-25)26-11-12-28(38)27(37)19-26/h11-12,16,18-19,21,23-24,29-30,33,39,42-43,45H,9-10,13-15,17,20,38H2,1-8H3/b22-16+/t21-,23-,24+,29-,30-,33-,36+/m0/s1. The van der Waals surface area contributed by atoms with Crippen molar-refractivity contribution in [3.63, 3.8) is 0 Å². The molecule has 12 heteroatoms. The van der Waals surface area contributed by atoms with Gasteiger partial charge in [0.15, 0.2) is 0 Å². The molecule has 0 aliphatic carbocycles. The number of aromatic nitrogens is 2. The first-order valence-electron chi connectivity index (χ1n) is 16.8. The van der Waals surface area contributed by atoms with E-state index in [2.05, 4.69) is 19.2 Å². The van der Waals surface area contributed by atoms with Crippen molar-refractivity contribution in [1.82, 2.24) is 15.1 Å². The third-order valence-corrected chi connectivity index (χ3v) is 11.0. The molecule has 1 aromatic carbocycles. The molecule has 1 aliphatic heterocycles. The maximum absolute atomic E-state index is 14.3. The van der Waals surface area contributed by atoms with Crippen LogP contribution in [0.2, 0.25) is 0 Å². The zero-order valence-electron chi connectivity index (χ0n) is 29.6. The molecule has 10 nitrogen and oxygen atoms in total. The van der Waals surface area contributed by atoms with Crippen molar-refractivity contribution >= 4 is 35.3 Å². The maximum Gasteiger partial charge on any atom is 0.309 e. The number of carbonyl (C=O) groups excluding carboxylic acids is 2. The van der Waals surface area contributed by atoms with Crippen molar-refractivity contribution in [1.29, 1.82) is 0 Å². The number of halogens is 1. The Balaban J connectivity index is 2.03. The number of anilines is 1. The van der Waals surface area contributed by atoms with E-state index < -0.39 is 53.4 Å². The van der Waals surface area contributed by atoms with Gasteiger partial charge in [-0.25, -0.2) is 9.07 Å². The van der Waals surface area contributed by atoms with E-state index in [1.54, 1.807) is 31.5 Å². The molecule has 0 unspecified atom stereocenters. The molecule has 0 bridgehead atoms. The Morgan fingerprint density at radius 3 is 2.52 bits per heavy atom. The van der Waals surface area contributed by atoms with Crippen LogP contribution in [0.1, 0.15) is 86.3 Å². The fraction of sp³-hybridized carbons (Fsp3) is 0.639. The van der Waals surface area contributed by atoms with Crippen molar-refractivity contribution in [2.45, 2.75) is 109 Å². The van der Waals surface area contributed by atoms with Gasteiger partial charge in [-0.05, 0) is 81.0 Å². The molecule has 48 heavy (non-hydrogen) atoms. The summed E-state index contributed by atoms with van der Waals surface area (Å²) >= 11 is 1.45. The predicted octanol–water partition coefficient (Wildman–Crippen LogP) is 5.16. The highest BCUT2D eigenvalue weighted by Crippen LogP contribution is 2.35. The maximum atomic E-state index is 14.3. The van der Waals surface area contributed by atoms with Crippen molar-refractivity contribution in [2.24, 2.45) is 23.2 Å². The number of aliphatic hydroxyl groups excluding tert-OH is 3. The minimum atomic E-state index is -1.32. The Hall–Kier alpha value is -2.77. The molecule has 268 valence electrons. The van der Waals surface area contributed by atoms with Gasteiger partial charge in [0.05, 0.1) is 47.7 Å². The number of esters is 1. The van der Waals surface area contributed by atoms with Crippen LogP contribution in [0.15, 0.2) is 34.9 Å². The second-order valence-electron chi connectivity index (χ2n) is 14.3. The van der Waals surface area contributed by atoms with Crippen LogP contribution >= 0.6 is 11.8 Å². The number of benzene rings is 1. The quantitative estimate of drug-likeness (QED) is 0.149. The van der Waals surface area contributed by atoms with Crippen LogP contribution < -0.4 is 11.1 Å². The van der Waals surface area contributed by atoms with E-state index in [0.29, 0.717) is 30.8 Å². The van der Waals surface area contributed by atoms with Crippen molar-refractivity contribution < 1.29 is 34.0 Å². The van der Waals surface area contributed by atoms with Crippen LogP contribution in [0.4, 0.5) is 10.1 Å². The molecule has 7 atom stereocenters. The third-order valence-electron chi connectivity index (χ3n) is 10.3. The lowest BCUT2D eigenvalue weighted by molar-refractivity contribution is -0.155. The van der Waals surface area contributed by atoms with E-state index >= 15 is 0 Å². The Morgan fingerprint density at radius 2 is 1.90 bits per heavy atom. The number of nitrogen functional groups attached to an aromatic ring is 1. The van der Waals surface area contributed by atoms with Gasteiger partial charge in [-0.2, -0.15) is 5.10 Å². The smallest absolute Gasteiger partial charge is 0.309 e. The second kappa shape index (κ2) is 16.8. The number of nitrogens with one attached hydrogen (secondary N) is 1. The largest absolute Gasteiger partial charge is 0.458 e. The monoisotopic (exact) mass is 690 g/mol. The number of β-amino-alcohol motifs (C(OH)–C–C–N with tert-alkyl or cyclic N) is 1. The summed E-state index contributed by atoms with van der Waals surface area (Å²) in [5, 5.41) is 40.9. The molecule has 1 saturated heterocycles. The lowest BCUT2D eigenvalue weighted by Gasteiger charge is -2.40. The van der Waals surface area contributed by atoms with Crippen molar-refractivity contribution in [2.75, 3.05) is 25.1 Å². The van der Waals surface area contributed by atoms with Gasteiger partial charge in [-0.3, -0.25) is 9.59 Å². The van der Waals surface area contributed by atoms with Gasteiger partial charge in [0.25, 0.3) is 0 Å². The highest BCUT2D eigenvalue weighted by Gasteiger charge is 2.43. The molecule has 2 heterocycles. The van der Waals surface area contributed by atoms with Crippen LogP contribution in [0, 0.1) is 29.0 Å². The van der Waals surface area contributed by atoms with Gasteiger partial charge in [0, 0.05) is 24.1 Å². The fourth-order valence-electron chi connectivity index (χ4n) is 6.50. The minimum Gasteiger partial charge on any atom is -0.458 e. The first-order chi connectivity index (χ1) is 22.4. The Kier molecular flexibility index (Phi) is 13.8. The highest BCUT2D eigenvalue weighted by molar-refractivity contribution is 7.98. The number of ketones is 1. The summed E-state index contributed by atoms with van der Waals surface area (Å²) < 4.78 is 22.0. The zero-order chi connectivity index (χ0) is 36.0. The first-order valence-corrected chi connectivity index (χ1v) is 18.0. The molecule has 0 amide bonds. The molecular formula is C36H55FN4O6S. The van der Waals surface area contributed by atoms with Crippen LogP contribution in [0.25, 0.3) is 11.8 Å². The van der Waals surface area contributed by atoms with E-state index in [9.17, 15) is 29.3 Å². The van der Waals surface area contributed by atoms with E-state index in [-0.39, 0.29) is 29.9 Å². The highest BCUT2D eigenvalue weighted by atomic mass is 32.2. The zero-order valence-corrected chi connectivity index (χ0v) is 30.4. The number of thioether (sulfide) groups is 1. The molecule has 1 aromatic heterocycles. The molecule has 6 N–H and O–H groups in total. The normalized spacial score (nSPS) is 29.9. The number of aliphatic hydroxyl groups is 3. The van der Waals surface area contributed by atoms with E-state index in [1.807, 2.05) is 32.2 Å². The number of Topliss-reactive ketones (excluding diaryl/α,β-unsaturated/α-hetero) is 1. The van der Waals surface area contributed by atoms with Crippen LogP contribution in [0.3, 0.4) is 0 Å². The van der Waals surface area contributed by atoms with Gasteiger partial charge >= 0.3 is 5.97 Å². The number of nitrogens with two attached hydrogens (primary N) is 1. The summed E-state index contributed by atoms with van der Waals surface area (Å²) in [6.07, 6.45) is 2.99. The summed E-state index contributed by atoms with van der Waals surface area (Å²) in [6.45, 7) is 13.2. The lowest BCUT2D eigenvalue weighted by Crippen LogP contribution is -2.50. The number of nitrogens with zero attached hydrogens (tertiary/aromatic N) is 2. The number of hydrogen-bond donors (Lipinski definition) is 5. The average molecular weight is 691 g/mol. The minimum absolute atomic E-state index is 0.0413. The van der Waals surface area contributed by atoms with Gasteiger partial charge in [-0.1, -0.05) is 41.0 Å². The summed E-state index contributed by atoms with van der Waals surface area (Å²) in [4.78, 5) is 27.0. The Morgan fingerprint density at radius 1 is 1.21 bits per heavy atom. The fourth-order valence-corrected chi connectivity index (χ4v) is 7.05. The molecule has 0 saturated carbocycles. The van der Waals surface area contributed by atoms with E-state index in [0.717, 1.165) is 23.4 Å². The number of rotatable bonds is 7. The van der Waals surface area contributed by atoms with Gasteiger partial charge in [0.2, 0.25) is 0 Å². The number of ether oxygens (including phenoxy) is 1. The van der Waals surface area contributed by atoms with Gasteiger partial charge in [0.1, 0.15) is 22.7 Å². The predicted molar refractivity (Wildman–Crippen MR) is 188 cm³/mol. The van der Waals surface area contributed by atoms with Crippen molar-refractivity contribution in [3.05, 3.63) is 41.3 Å². The van der Waals surface area contributed by atoms with E-state index in [4.69, 9.17) is 15.6 Å². The first kappa shape index (κ1) is 39.7. The summed E-state index contributed by atoms with van der Waals surface area (Å²) in [5.74, 6) is -2.45. The number of hydrogen-bond acceptors (Lipinski definition) is 10. The molecule has 2 aromatic rings. The van der Waals surface area contributed by atoms with Crippen molar-refractivity contribution in [3.8, 4) is 5.69 Å². The average Bonchev–Trinajstić information content (AvgIpc) is 3.45. The van der Waals surface area contributed by atoms with Gasteiger partial charge in [-0.15, -0.1) is 11.8 Å². The summed E-state index contributed by atoms with van der Waals surface area (Å²) in [5.41, 5.74) is 5.80. The van der Waals surface area contributed by atoms with E-state index in [1.165, 1.54) is 23.9 Å². The summed E-state index contributed by atoms with van der Waals surface area (Å²) in [6, 6.07) is 6.38. The SMILES string of the molecule is CSc1cc(/C=C(\C)[C@@H]2C[C@H](C)[C@](C)(NCCO)CCC[C@H](C)[C@H](O)[C@@H](C)C(=O)C(C)(C)[C@@H](O)CC(=O)O2)nn1-c1ccc(N)c(F)c1. The third kappa shape index (κ3) is 9.47. The molecular weight excluding hydrogens is 635 g/mol. The summed E-state index contributed by atoms with van der Waals surface area (Å²) in [7, 11) is 0. The van der Waals surface area contributed by atoms with Crippen LogP contribution in [-0.4, -0.2) is 80.1 Å². The Bertz CT molecular complexity index is 1450. The molecule has 3 rings (SSSR count). The van der Waals surface area contributed by atoms with Gasteiger partial charge < -0.3 is 31.1 Å².